The number of carbonyl (C=O) groups is 2. The summed E-state index contributed by atoms with van der Waals surface area (Å²) in [5, 5.41) is 2.60. The summed E-state index contributed by atoms with van der Waals surface area (Å²) >= 11 is 0. The number of hydrogen-bond donors (Lipinski definition) is 1. The van der Waals surface area contributed by atoms with Gasteiger partial charge in [-0.2, -0.15) is 0 Å². The van der Waals surface area contributed by atoms with Crippen molar-refractivity contribution >= 4 is 11.7 Å². The first-order chi connectivity index (χ1) is 17.8. The van der Waals surface area contributed by atoms with Gasteiger partial charge >= 0.3 is 0 Å². The number of Topliss-reactive ketones (excluding diaryl/α,β-unsaturated/α-hetero) is 1. The molecule has 0 bridgehead atoms. The third-order valence-electron chi connectivity index (χ3n) is 5.54. The van der Waals surface area contributed by atoms with Crippen molar-refractivity contribution in [2.24, 2.45) is 23.7 Å². The topological polar surface area (TPSA) is 64.6 Å². The van der Waals surface area contributed by atoms with Crippen LogP contribution >= 0.6 is 0 Å². The molecular weight excluding hydrogens is 474 g/mol. The molecule has 0 saturated heterocycles. The van der Waals surface area contributed by atoms with Crippen LogP contribution in [0.4, 0.5) is 0 Å². The summed E-state index contributed by atoms with van der Waals surface area (Å²) < 4.78 is 10.0. The Morgan fingerprint density at radius 1 is 0.658 bits per heavy atom. The molecule has 0 aliphatic heterocycles. The number of nitrogens with one attached hydrogen (secondary N) is 1. The number of carbonyl (C=O) groups excluding carboxylic acids is 2. The average Bonchev–Trinajstić information content (AvgIpc) is 2.83. The van der Waals surface area contributed by atoms with E-state index in [9.17, 15) is 9.59 Å². The SMILES string of the molecule is CC(=O)CCCCC(C)C.CCCCCCC(C)C.CNC(=O)CCCC(C)C.COCCOCC(C)C. The van der Waals surface area contributed by atoms with Crippen LogP contribution in [0.1, 0.15) is 146 Å². The highest BCUT2D eigenvalue weighted by molar-refractivity contribution is 5.75. The lowest BCUT2D eigenvalue weighted by molar-refractivity contribution is -0.120. The van der Waals surface area contributed by atoms with Crippen molar-refractivity contribution in [1.82, 2.24) is 5.32 Å². The maximum absolute atomic E-state index is 10.7. The molecule has 38 heavy (non-hydrogen) atoms. The van der Waals surface area contributed by atoms with Crippen molar-refractivity contribution in [3.63, 3.8) is 0 Å². The van der Waals surface area contributed by atoms with Gasteiger partial charge in [-0.15, -0.1) is 0 Å². The molecule has 0 rings (SSSR count). The first-order valence-corrected chi connectivity index (χ1v) is 15.6. The lowest BCUT2D eigenvalue weighted by Crippen LogP contribution is -2.17. The van der Waals surface area contributed by atoms with Gasteiger partial charge < -0.3 is 19.6 Å². The Morgan fingerprint density at radius 3 is 1.55 bits per heavy atom. The van der Waals surface area contributed by atoms with E-state index in [2.05, 4.69) is 67.6 Å². The molecule has 0 unspecified atom stereocenters. The average molecular weight is 546 g/mol. The molecule has 0 aromatic heterocycles. The smallest absolute Gasteiger partial charge is 0.219 e. The summed E-state index contributed by atoms with van der Waals surface area (Å²) in [6, 6.07) is 0. The summed E-state index contributed by atoms with van der Waals surface area (Å²) in [5.74, 6) is 3.50. The fourth-order valence-electron chi connectivity index (χ4n) is 3.16. The second-order valence-corrected chi connectivity index (χ2v) is 12.0. The number of hydrogen-bond acceptors (Lipinski definition) is 4. The Morgan fingerprint density at radius 2 is 1.16 bits per heavy atom. The largest absolute Gasteiger partial charge is 0.382 e. The molecule has 0 fully saturated rings. The fraction of sp³-hybridized carbons (Fsp3) is 0.939. The molecule has 0 aromatic carbocycles. The highest BCUT2D eigenvalue weighted by Gasteiger charge is 1.98. The number of ether oxygens (including phenoxy) is 2. The van der Waals surface area contributed by atoms with Crippen LogP contribution in [0.5, 0.6) is 0 Å². The molecule has 0 spiro atoms. The maximum atomic E-state index is 10.7. The van der Waals surface area contributed by atoms with Crippen molar-refractivity contribution in [1.29, 1.82) is 0 Å². The standard InChI is InChI=1S/C9H18O.C9H20.C8H17NO.C7H16O2/c1-8(2)6-4-5-7-9(3)10;1-4-5-6-7-8-9(2)3;1-7(2)5-4-6-8(10)9-3;1-7(2)6-9-5-4-8-3/h8H,4-7H2,1-3H3;9H,4-8H2,1-3H3;7H,4-6H2,1-3H3,(H,9,10);7H,4-6H2,1-3H3. The molecule has 1 amide bonds. The molecule has 5 nitrogen and oxygen atoms in total. The van der Waals surface area contributed by atoms with Crippen LogP contribution in [-0.4, -0.2) is 45.7 Å². The van der Waals surface area contributed by atoms with E-state index >= 15 is 0 Å². The van der Waals surface area contributed by atoms with E-state index in [1.165, 1.54) is 44.9 Å². The lowest BCUT2D eigenvalue weighted by Gasteiger charge is -2.04. The van der Waals surface area contributed by atoms with Crippen LogP contribution in [0.25, 0.3) is 0 Å². The number of amides is 1. The summed E-state index contributed by atoms with van der Waals surface area (Å²) in [5.41, 5.74) is 0. The summed E-state index contributed by atoms with van der Waals surface area (Å²) in [7, 11) is 3.36. The van der Waals surface area contributed by atoms with Crippen LogP contribution in [-0.2, 0) is 19.1 Å². The van der Waals surface area contributed by atoms with E-state index in [0.29, 0.717) is 37.3 Å². The second kappa shape index (κ2) is 36.1. The maximum Gasteiger partial charge on any atom is 0.219 e. The monoisotopic (exact) mass is 546 g/mol. The molecule has 0 saturated carbocycles. The number of ketones is 1. The van der Waals surface area contributed by atoms with Gasteiger partial charge in [0, 0.05) is 33.6 Å². The first kappa shape index (κ1) is 44.1. The molecule has 0 heterocycles. The van der Waals surface area contributed by atoms with E-state index in [0.717, 1.165) is 44.1 Å². The molecule has 0 radical (unpaired) electrons. The Balaban J connectivity index is -0.000000203. The van der Waals surface area contributed by atoms with Gasteiger partial charge in [0.1, 0.15) is 5.78 Å². The van der Waals surface area contributed by atoms with Gasteiger partial charge in [0.25, 0.3) is 0 Å². The van der Waals surface area contributed by atoms with Gasteiger partial charge in [0.15, 0.2) is 0 Å². The van der Waals surface area contributed by atoms with Crippen molar-refractivity contribution in [3.8, 4) is 0 Å². The Hall–Kier alpha value is -0.940. The van der Waals surface area contributed by atoms with Gasteiger partial charge in [-0.05, 0) is 43.4 Å². The number of rotatable bonds is 19. The van der Waals surface area contributed by atoms with Crippen molar-refractivity contribution in [2.75, 3.05) is 34.0 Å². The van der Waals surface area contributed by atoms with Gasteiger partial charge in [0.2, 0.25) is 5.91 Å². The molecule has 0 atom stereocenters. The van der Waals surface area contributed by atoms with Gasteiger partial charge in [-0.25, -0.2) is 0 Å². The van der Waals surface area contributed by atoms with Crippen LogP contribution in [0, 0.1) is 23.7 Å². The molecular formula is C33H71NO4. The highest BCUT2D eigenvalue weighted by Crippen LogP contribution is 2.09. The van der Waals surface area contributed by atoms with E-state index in [1.54, 1.807) is 21.1 Å². The fourth-order valence-corrected chi connectivity index (χ4v) is 3.16. The first-order valence-electron chi connectivity index (χ1n) is 15.6. The minimum absolute atomic E-state index is 0.153. The minimum Gasteiger partial charge on any atom is -0.382 e. The van der Waals surface area contributed by atoms with Crippen LogP contribution in [0.2, 0.25) is 0 Å². The predicted molar refractivity (Wildman–Crippen MR) is 168 cm³/mol. The van der Waals surface area contributed by atoms with Gasteiger partial charge in [-0.1, -0.05) is 114 Å². The zero-order valence-electron chi connectivity index (χ0n) is 28.0. The molecule has 0 aromatic rings. The third kappa shape index (κ3) is 59.9. The second-order valence-electron chi connectivity index (χ2n) is 12.0. The Kier molecular flexibility index (Phi) is 41.8. The van der Waals surface area contributed by atoms with E-state index in [-0.39, 0.29) is 5.91 Å². The van der Waals surface area contributed by atoms with Crippen molar-refractivity contribution in [2.45, 2.75) is 146 Å². The summed E-state index contributed by atoms with van der Waals surface area (Å²) in [6.45, 7) is 23.8. The Bertz CT molecular complexity index is 446. The molecule has 232 valence electrons. The van der Waals surface area contributed by atoms with Crippen LogP contribution in [0.3, 0.4) is 0 Å². The van der Waals surface area contributed by atoms with E-state index in [1.807, 2.05) is 0 Å². The summed E-state index contributed by atoms with van der Waals surface area (Å²) in [6.07, 6.45) is 14.2. The zero-order valence-corrected chi connectivity index (χ0v) is 28.0. The summed E-state index contributed by atoms with van der Waals surface area (Å²) in [4.78, 5) is 21.2. The Labute approximate surface area is 240 Å². The van der Waals surface area contributed by atoms with Crippen LogP contribution < -0.4 is 5.32 Å². The van der Waals surface area contributed by atoms with Crippen molar-refractivity contribution in [3.05, 3.63) is 0 Å². The van der Waals surface area contributed by atoms with Crippen LogP contribution in [0.15, 0.2) is 0 Å². The molecule has 0 aliphatic carbocycles. The normalized spacial score (nSPS) is 10.4. The molecule has 5 heteroatoms. The van der Waals surface area contributed by atoms with E-state index in [4.69, 9.17) is 9.47 Å². The predicted octanol–water partition coefficient (Wildman–Crippen LogP) is 9.27. The van der Waals surface area contributed by atoms with Gasteiger partial charge in [-0.3, -0.25) is 4.79 Å². The minimum atomic E-state index is 0.153. The highest BCUT2D eigenvalue weighted by atomic mass is 16.5. The molecule has 0 aliphatic rings. The molecule has 1 N–H and O–H groups in total. The van der Waals surface area contributed by atoms with Crippen molar-refractivity contribution < 1.29 is 19.1 Å². The third-order valence-corrected chi connectivity index (χ3v) is 5.54. The lowest BCUT2D eigenvalue weighted by atomic mass is 10.0. The number of unbranched alkanes of at least 4 members (excludes halogenated alkanes) is 4. The number of methoxy groups -OCH3 is 1. The quantitative estimate of drug-likeness (QED) is 0.164. The zero-order chi connectivity index (χ0) is 30.2. The van der Waals surface area contributed by atoms with E-state index < -0.39 is 0 Å². The van der Waals surface area contributed by atoms with Gasteiger partial charge in [0.05, 0.1) is 13.2 Å².